The summed E-state index contributed by atoms with van der Waals surface area (Å²) in [4.78, 5) is 0. The van der Waals surface area contributed by atoms with Gasteiger partial charge < -0.3 is 19.7 Å². The van der Waals surface area contributed by atoms with Crippen LogP contribution < -0.4 is 0 Å². The third-order valence-electron chi connectivity index (χ3n) is 5.04. The molecule has 0 aromatic heterocycles. The van der Waals surface area contributed by atoms with Gasteiger partial charge >= 0.3 is 0 Å². The van der Waals surface area contributed by atoms with E-state index in [1.165, 1.54) is 0 Å². The second-order valence-corrected chi connectivity index (χ2v) is 11.6. The molecule has 1 rings (SSSR count). The van der Waals surface area contributed by atoms with Crippen LogP contribution in [-0.4, -0.2) is 34.0 Å². The number of aliphatic hydroxyl groups is 2. The van der Waals surface area contributed by atoms with E-state index >= 15 is 0 Å². The fourth-order valence-corrected chi connectivity index (χ4v) is 3.30. The van der Waals surface area contributed by atoms with Crippen molar-refractivity contribution in [3.8, 4) is 0 Å². The fraction of sp³-hybridized carbons (Fsp3) is 1.00. The zero-order chi connectivity index (χ0) is 19.6. The van der Waals surface area contributed by atoms with Crippen LogP contribution in [0.5, 0.6) is 0 Å². The number of ether oxygens (including phenoxy) is 2. The normalized spacial score (nSPS) is 34.5. The number of hydrogen-bond donors (Lipinski definition) is 2. The van der Waals surface area contributed by atoms with Crippen LogP contribution in [0.2, 0.25) is 0 Å². The third-order valence-corrected chi connectivity index (χ3v) is 5.04. The van der Waals surface area contributed by atoms with Crippen LogP contribution in [0.15, 0.2) is 0 Å². The second kappa shape index (κ2) is 5.67. The molecular formula is C20H40O4. The van der Waals surface area contributed by atoms with Gasteiger partial charge in [-0.25, -0.2) is 0 Å². The van der Waals surface area contributed by atoms with Gasteiger partial charge in [0.25, 0.3) is 0 Å². The summed E-state index contributed by atoms with van der Waals surface area (Å²) in [5.74, 6) is -2.81. The molecule has 4 unspecified atom stereocenters. The number of rotatable bonds is 1. The van der Waals surface area contributed by atoms with Crippen molar-refractivity contribution >= 4 is 0 Å². The Kier molecular flexibility index (Phi) is 5.17. The summed E-state index contributed by atoms with van der Waals surface area (Å²) in [6.07, 6.45) is -1.47. The minimum atomic E-state index is -1.51. The van der Waals surface area contributed by atoms with Gasteiger partial charge in [0, 0.05) is 10.8 Å². The van der Waals surface area contributed by atoms with E-state index in [2.05, 4.69) is 0 Å². The van der Waals surface area contributed by atoms with Gasteiger partial charge in [0.1, 0.15) is 12.2 Å². The van der Waals surface area contributed by atoms with Gasteiger partial charge in [0.05, 0.1) is 0 Å². The van der Waals surface area contributed by atoms with Crippen molar-refractivity contribution < 1.29 is 19.7 Å². The zero-order valence-corrected chi connectivity index (χ0v) is 17.9. The molecule has 1 fully saturated rings. The molecule has 0 aromatic rings. The lowest BCUT2D eigenvalue weighted by molar-refractivity contribution is -0.350. The average Bonchev–Trinajstić information content (AvgIpc) is 2.61. The van der Waals surface area contributed by atoms with Crippen LogP contribution in [-0.2, 0) is 9.47 Å². The van der Waals surface area contributed by atoms with Crippen molar-refractivity contribution in [3.05, 3.63) is 0 Å². The van der Waals surface area contributed by atoms with Crippen LogP contribution >= 0.6 is 0 Å². The summed E-state index contributed by atoms with van der Waals surface area (Å²) in [6.45, 7) is 23.7. The molecule has 1 saturated heterocycles. The summed E-state index contributed by atoms with van der Waals surface area (Å²) in [5, 5.41) is 22.8. The van der Waals surface area contributed by atoms with E-state index in [1.54, 1.807) is 0 Å². The first-order valence-electron chi connectivity index (χ1n) is 8.98. The van der Waals surface area contributed by atoms with Gasteiger partial charge in [0.2, 0.25) is 11.6 Å². The van der Waals surface area contributed by atoms with Gasteiger partial charge in [-0.05, 0) is 10.8 Å². The lowest BCUT2D eigenvalue weighted by Gasteiger charge is -2.48. The quantitative estimate of drug-likeness (QED) is 0.743. The van der Waals surface area contributed by atoms with E-state index in [-0.39, 0.29) is 5.41 Å². The molecule has 144 valence electrons. The molecule has 4 atom stereocenters. The lowest BCUT2D eigenvalue weighted by Crippen LogP contribution is -2.60. The molecule has 0 aromatic carbocycles. The Labute approximate surface area is 148 Å². The van der Waals surface area contributed by atoms with Crippen LogP contribution in [0.4, 0.5) is 0 Å². The molecule has 1 aliphatic rings. The molecule has 0 saturated carbocycles. The van der Waals surface area contributed by atoms with Crippen molar-refractivity contribution in [2.24, 2.45) is 21.7 Å². The highest BCUT2D eigenvalue weighted by atomic mass is 16.8. The standard InChI is InChI=1S/C20H40O4/c1-15(2,3)13(21)20(18(10,11)12)23-14(16(4,5)6)19(22,24-20)17(7,8)9/h13-14,21-22H,1-12H3. The molecular weight excluding hydrogens is 304 g/mol. The molecule has 1 aliphatic heterocycles. The van der Waals surface area contributed by atoms with Gasteiger partial charge in [-0.15, -0.1) is 0 Å². The number of aliphatic hydroxyl groups excluding tert-OH is 1. The molecule has 4 heteroatoms. The summed E-state index contributed by atoms with van der Waals surface area (Å²) in [5.41, 5.74) is -1.92. The Morgan fingerprint density at radius 3 is 1.42 bits per heavy atom. The first-order chi connectivity index (χ1) is 10.2. The summed E-state index contributed by atoms with van der Waals surface area (Å²) < 4.78 is 12.9. The first-order valence-corrected chi connectivity index (χ1v) is 8.98. The molecule has 24 heavy (non-hydrogen) atoms. The van der Waals surface area contributed by atoms with Gasteiger partial charge in [-0.2, -0.15) is 0 Å². The maximum absolute atomic E-state index is 11.6. The summed E-state index contributed by atoms with van der Waals surface area (Å²) >= 11 is 0. The van der Waals surface area contributed by atoms with Crippen molar-refractivity contribution in [2.75, 3.05) is 0 Å². The van der Waals surface area contributed by atoms with Crippen LogP contribution in [0.25, 0.3) is 0 Å². The fourth-order valence-electron chi connectivity index (χ4n) is 3.30. The Hall–Kier alpha value is -0.160. The van der Waals surface area contributed by atoms with E-state index in [4.69, 9.17) is 9.47 Å². The number of hydrogen-bond acceptors (Lipinski definition) is 4. The Morgan fingerprint density at radius 2 is 1.21 bits per heavy atom. The van der Waals surface area contributed by atoms with Crippen molar-refractivity contribution in [3.63, 3.8) is 0 Å². The van der Waals surface area contributed by atoms with Crippen LogP contribution in [0.1, 0.15) is 83.1 Å². The third kappa shape index (κ3) is 3.40. The van der Waals surface area contributed by atoms with Gasteiger partial charge in [-0.3, -0.25) is 0 Å². The first kappa shape index (κ1) is 21.9. The van der Waals surface area contributed by atoms with E-state index in [0.717, 1.165) is 0 Å². The highest BCUT2D eigenvalue weighted by molar-refractivity contribution is 5.08. The van der Waals surface area contributed by atoms with Gasteiger partial charge in [-0.1, -0.05) is 83.1 Å². The summed E-state index contributed by atoms with van der Waals surface area (Å²) in [6, 6.07) is 0. The Morgan fingerprint density at radius 1 is 0.792 bits per heavy atom. The SMILES string of the molecule is CC(C)(C)C1OC(C(O)C(C)(C)C)(C(C)(C)C)OC1(O)C(C)(C)C. The smallest absolute Gasteiger partial charge is 0.203 e. The minimum absolute atomic E-state index is 0.355. The predicted molar refractivity (Wildman–Crippen MR) is 97.5 cm³/mol. The topological polar surface area (TPSA) is 58.9 Å². The van der Waals surface area contributed by atoms with Crippen LogP contribution in [0.3, 0.4) is 0 Å². The maximum atomic E-state index is 11.6. The zero-order valence-electron chi connectivity index (χ0n) is 17.9. The van der Waals surface area contributed by atoms with E-state index in [1.807, 2.05) is 83.1 Å². The molecule has 4 nitrogen and oxygen atoms in total. The lowest BCUT2D eigenvalue weighted by atomic mass is 9.73. The van der Waals surface area contributed by atoms with E-state index in [0.29, 0.717) is 0 Å². The summed E-state index contributed by atoms with van der Waals surface area (Å²) in [7, 11) is 0. The van der Waals surface area contributed by atoms with Gasteiger partial charge in [0.15, 0.2) is 0 Å². The molecule has 0 aliphatic carbocycles. The van der Waals surface area contributed by atoms with E-state index in [9.17, 15) is 10.2 Å². The Bertz CT molecular complexity index is 458. The highest BCUT2D eigenvalue weighted by Crippen LogP contribution is 2.58. The molecule has 0 radical (unpaired) electrons. The van der Waals surface area contributed by atoms with Crippen LogP contribution in [0, 0.1) is 21.7 Å². The molecule has 0 bridgehead atoms. The predicted octanol–water partition coefficient (Wildman–Crippen LogP) is 4.33. The second-order valence-electron chi connectivity index (χ2n) is 11.6. The molecule has 1 heterocycles. The highest BCUT2D eigenvalue weighted by Gasteiger charge is 2.70. The average molecular weight is 345 g/mol. The molecule has 2 N–H and O–H groups in total. The largest absolute Gasteiger partial charge is 0.387 e. The monoisotopic (exact) mass is 344 g/mol. The van der Waals surface area contributed by atoms with E-state index < -0.39 is 40.0 Å². The Balaban J connectivity index is 3.62. The minimum Gasteiger partial charge on any atom is -0.387 e. The molecule has 0 amide bonds. The van der Waals surface area contributed by atoms with Crippen molar-refractivity contribution in [1.82, 2.24) is 0 Å². The maximum Gasteiger partial charge on any atom is 0.203 e. The van der Waals surface area contributed by atoms with Crippen molar-refractivity contribution in [2.45, 2.75) is 107 Å². The molecule has 0 spiro atoms. The van der Waals surface area contributed by atoms with Crippen molar-refractivity contribution in [1.29, 1.82) is 0 Å².